The number of hydrogen-bond donors (Lipinski definition) is 2. The van der Waals surface area contributed by atoms with Crippen LogP contribution in [0.3, 0.4) is 0 Å². The molecule has 7 rings (SSSR count). The molecule has 0 spiro atoms. The van der Waals surface area contributed by atoms with Crippen LogP contribution in [-0.4, -0.2) is 56.3 Å². The van der Waals surface area contributed by atoms with Gasteiger partial charge in [-0.25, -0.2) is 9.37 Å². The first kappa shape index (κ1) is 23.5. The van der Waals surface area contributed by atoms with E-state index in [2.05, 4.69) is 42.2 Å². The molecule has 8 heteroatoms. The average Bonchev–Trinajstić information content (AvgIpc) is 3.72. The van der Waals surface area contributed by atoms with Crippen molar-refractivity contribution in [3.8, 4) is 39.4 Å². The largest absolute Gasteiger partial charge is 0.492 e. The van der Waals surface area contributed by atoms with Crippen LogP contribution < -0.4 is 4.74 Å². The molecule has 0 radical (unpaired) electrons. The maximum Gasteiger partial charge on any atom is 0.138 e. The predicted molar refractivity (Wildman–Crippen MR) is 151 cm³/mol. The Morgan fingerprint density at radius 3 is 2.69 bits per heavy atom. The summed E-state index contributed by atoms with van der Waals surface area (Å²) in [5.74, 6) is 0.205. The molecule has 0 amide bonds. The van der Waals surface area contributed by atoms with Crippen molar-refractivity contribution in [2.24, 2.45) is 0 Å². The van der Waals surface area contributed by atoms with Gasteiger partial charge < -0.3 is 9.72 Å². The molecule has 6 aromatic rings. The maximum absolute atomic E-state index is 14.7. The van der Waals surface area contributed by atoms with E-state index < -0.39 is 0 Å². The first-order valence-corrected chi connectivity index (χ1v) is 13.2. The Morgan fingerprint density at radius 1 is 0.897 bits per heavy atom. The molecule has 1 saturated heterocycles. The molecule has 2 N–H and O–H groups in total. The Morgan fingerprint density at radius 2 is 1.82 bits per heavy atom. The van der Waals surface area contributed by atoms with E-state index in [0.29, 0.717) is 18.0 Å². The van der Waals surface area contributed by atoms with Crippen LogP contribution in [-0.2, 0) is 0 Å². The third-order valence-corrected chi connectivity index (χ3v) is 7.40. The molecule has 1 fully saturated rings. The topological polar surface area (TPSA) is 82.7 Å². The van der Waals surface area contributed by atoms with Crippen LogP contribution in [0.15, 0.2) is 79.3 Å². The summed E-state index contributed by atoms with van der Waals surface area (Å²) in [5, 5.41) is 9.62. The number of rotatable bonds is 7. The van der Waals surface area contributed by atoms with E-state index in [1.165, 1.54) is 18.9 Å². The van der Waals surface area contributed by atoms with Crippen molar-refractivity contribution in [3.05, 3.63) is 85.1 Å². The smallest absolute Gasteiger partial charge is 0.138 e. The molecular formula is C31H27FN6O. The van der Waals surface area contributed by atoms with E-state index in [0.717, 1.165) is 69.6 Å². The maximum atomic E-state index is 14.7. The number of fused-ring (bicyclic) bond motifs is 2. The van der Waals surface area contributed by atoms with E-state index >= 15 is 0 Å². The Balaban J connectivity index is 1.23. The number of nitrogens with one attached hydrogen (secondary N) is 2. The number of benzene rings is 2. The van der Waals surface area contributed by atoms with Crippen molar-refractivity contribution in [1.29, 1.82) is 0 Å². The van der Waals surface area contributed by atoms with E-state index in [9.17, 15) is 4.39 Å². The SMILES string of the molecule is Fc1cc(OCCN2CCCC2)cc(-c2ccnc3[nH]c(-c4n[nH]c5ccc(-c6cccnc6)cc45)cc23)c1. The number of hydrogen-bond acceptors (Lipinski definition) is 5. The molecule has 2 aromatic carbocycles. The zero-order valence-corrected chi connectivity index (χ0v) is 21.3. The average molecular weight is 519 g/mol. The molecule has 5 heterocycles. The highest BCUT2D eigenvalue weighted by molar-refractivity contribution is 6.00. The highest BCUT2D eigenvalue weighted by Gasteiger charge is 2.16. The van der Waals surface area contributed by atoms with Crippen molar-refractivity contribution in [2.45, 2.75) is 12.8 Å². The fraction of sp³-hybridized carbons (Fsp3) is 0.194. The van der Waals surface area contributed by atoms with E-state index in [-0.39, 0.29) is 5.82 Å². The van der Waals surface area contributed by atoms with E-state index in [1.54, 1.807) is 18.5 Å². The normalized spacial score (nSPS) is 14.0. The third-order valence-electron chi connectivity index (χ3n) is 7.40. The summed E-state index contributed by atoms with van der Waals surface area (Å²) >= 11 is 0. The van der Waals surface area contributed by atoms with Crippen LogP contribution in [0.2, 0.25) is 0 Å². The summed E-state index contributed by atoms with van der Waals surface area (Å²) in [7, 11) is 0. The fourth-order valence-electron chi connectivity index (χ4n) is 5.44. The van der Waals surface area contributed by atoms with Gasteiger partial charge in [0.2, 0.25) is 0 Å². The first-order chi connectivity index (χ1) is 19.2. The van der Waals surface area contributed by atoms with Gasteiger partial charge in [-0.1, -0.05) is 12.1 Å². The lowest BCUT2D eigenvalue weighted by molar-refractivity contribution is 0.237. The minimum atomic E-state index is -0.328. The highest BCUT2D eigenvalue weighted by atomic mass is 19.1. The van der Waals surface area contributed by atoms with Gasteiger partial charge in [-0.3, -0.25) is 15.0 Å². The summed E-state index contributed by atoms with van der Waals surface area (Å²) in [6.45, 7) is 3.61. The number of aromatic amines is 2. The van der Waals surface area contributed by atoms with Gasteiger partial charge in [0.15, 0.2) is 0 Å². The molecule has 39 heavy (non-hydrogen) atoms. The van der Waals surface area contributed by atoms with Crippen LogP contribution in [0.5, 0.6) is 5.75 Å². The number of H-pyrrole nitrogens is 2. The molecule has 0 saturated carbocycles. The summed E-state index contributed by atoms with van der Waals surface area (Å²) in [5.41, 5.74) is 7.00. The van der Waals surface area contributed by atoms with Gasteiger partial charge in [-0.2, -0.15) is 5.10 Å². The van der Waals surface area contributed by atoms with Gasteiger partial charge in [0, 0.05) is 47.5 Å². The summed E-state index contributed by atoms with van der Waals surface area (Å²) in [6.07, 6.45) is 7.83. The van der Waals surface area contributed by atoms with Crippen molar-refractivity contribution >= 4 is 21.9 Å². The van der Waals surface area contributed by atoms with E-state index in [4.69, 9.17) is 4.74 Å². The number of likely N-dealkylation sites (tertiary alicyclic amines) is 1. The number of halogens is 1. The second kappa shape index (κ2) is 9.96. The third kappa shape index (κ3) is 4.64. The number of ether oxygens (including phenoxy) is 1. The molecule has 0 atom stereocenters. The lowest BCUT2D eigenvalue weighted by atomic mass is 10.0. The Labute approximate surface area is 224 Å². The second-order valence-corrected chi connectivity index (χ2v) is 9.95. The number of pyridine rings is 2. The van der Waals surface area contributed by atoms with Crippen LogP contribution >= 0.6 is 0 Å². The van der Waals surface area contributed by atoms with Gasteiger partial charge in [0.25, 0.3) is 0 Å². The molecule has 0 aliphatic carbocycles. The molecule has 0 bridgehead atoms. The van der Waals surface area contributed by atoms with Gasteiger partial charge in [0.1, 0.15) is 29.5 Å². The monoisotopic (exact) mass is 518 g/mol. The quantitative estimate of drug-likeness (QED) is 0.254. The van der Waals surface area contributed by atoms with Crippen LogP contribution in [0.1, 0.15) is 12.8 Å². The molecule has 1 aliphatic heterocycles. The molecule has 7 nitrogen and oxygen atoms in total. The molecular weight excluding hydrogens is 491 g/mol. The highest BCUT2D eigenvalue weighted by Crippen LogP contribution is 2.35. The summed E-state index contributed by atoms with van der Waals surface area (Å²) in [4.78, 5) is 14.6. The van der Waals surface area contributed by atoms with Gasteiger partial charge in [-0.15, -0.1) is 0 Å². The first-order valence-electron chi connectivity index (χ1n) is 13.2. The summed E-state index contributed by atoms with van der Waals surface area (Å²) < 4.78 is 20.6. The number of aromatic nitrogens is 5. The van der Waals surface area contributed by atoms with Crippen molar-refractivity contribution < 1.29 is 9.13 Å². The second-order valence-electron chi connectivity index (χ2n) is 9.95. The zero-order chi connectivity index (χ0) is 26.2. The van der Waals surface area contributed by atoms with Crippen molar-refractivity contribution in [3.63, 3.8) is 0 Å². The predicted octanol–water partition coefficient (Wildman–Crippen LogP) is 6.45. The van der Waals surface area contributed by atoms with Crippen LogP contribution in [0.25, 0.3) is 55.6 Å². The van der Waals surface area contributed by atoms with Crippen molar-refractivity contribution in [1.82, 2.24) is 30.0 Å². The standard InChI is InChI=1S/C31H27FN6O/c32-23-14-22(15-24(17-23)39-13-12-38-10-1-2-11-38)25-7-9-34-31-26(25)18-29(35-31)30-27-16-20(5-6-28(27)36-37-30)21-4-3-8-33-19-21/h3-9,14-19H,1-2,10-13H2,(H,34,35)(H,36,37). The Hall–Kier alpha value is -4.56. The summed E-state index contributed by atoms with van der Waals surface area (Å²) in [6, 6.07) is 19.0. The lowest BCUT2D eigenvalue weighted by Crippen LogP contribution is -2.25. The zero-order valence-electron chi connectivity index (χ0n) is 21.3. The molecule has 0 unspecified atom stereocenters. The fourth-order valence-corrected chi connectivity index (χ4v) is 5.44. The Bertz CT molecular complexity index is 1770. The van der Waals surface area contributed by atoms with Gasteiger partial charge in [-0.05, 0) is 85.1 Å². The minimum absolute atomic E-state index is 0.328. The van der Waals surface area contributed by atoms with Gasteiger partial charge in [0.05, 0.1) is 11.2 Å². The van der Waals surface area contributed by atoms with Crippen molar-refractivity contribution in [2.75, 3.05) is 26.2 Å². The molecule has 1 aliphatic rings. The number of nitrogens with zero attached hydrogens (tertiary/aromatic N) is 4. The lowest BCUT2D eigenvalue weighted by Gasteiger charge is -2.15. The minimum Gasteiger partial charge on any atom is -0.492 e. The van der Waals surface area contributed by atoms with Gasteiger partial charge >= 0.3 is 0 Å². The Kier molecular flexibility index (Phi) is 6.01. The van der Waals surface area contributed by atoms with E-state index in [1.807, 2.05) is 42.6 Å². The molecule has 194 valence electrons. The van der Waals surface area contributed by atoms with Crippen LogP contribution in [0, 0.1) is 5.82 Å². The van der Waals surface area contributed by atoms with Crippen LogP contribution in [0.4, 0.5) is 4.39 Å². The molecule has 4 aromatic heterocycles.